The van der Waals surface area contributed by atoms with Crippen molar-refractivity contribution in [2.75, 3.05) is 11.9 Å². The number of benzene rings is 2. The topological polar surface area (TPSA) is 82.0 Å². The third kappa shape index (κ3) is 5.60. The van der Waals surface area contributed by atoms with Crippen LogP contribution >= 0.6 is 0 Å². The summed E-state index contributed by atoms with van der Waals surface area (Å²) in [7, 11) is 0. The van der Waals surface area contributed by atoms with Crippen molar-refractivity contribution in [3.8, 4) is 6.07 Å². The smallest absolute Gasteiger partial charge is 0.267 e. The number of anilines is 1. The Bertz CT molecular complexity index is 879. The molecule has 0 radical (unpaired) electrons. The van der Waals surface area contributed by atoms with E-state index >= 15 is 0 Å². The van der Waals surface area contributed by atoms with E-state index in [1.165, 1.54) is 24.3 Å². The van der Waals surface area contributed by atoms with Gasteiger partial charge in [0.15, 0.2) is 5.78 Å². The Kier molecular flexibility index (Phi) is 6.69. The average molecular weight is 347 g/mol. The van der Waals surface area contributed by atoms with E-state index in [0.29, 0.717) is 17.8 Å². The molecule has 2 N–H and O–H groups in total. The summed E-state index contributed by atoms with van der Waals surface area (Å²) in [5.74, 6) is -0.605. The fraction of sp³-hybridized carbons (Fsp3) is 0.190. The number of nitriles is 1. The molecule has 0 aliphatic carbocycles. The summed E-state index contributed by atoms with van der Waals surface area (Å²) in [4.78, 5) is 23.6. The molecule has 5 nitrogen and oxygen atoms in total. The fourth-order valence-corrected chi connectivity index (χ4v) is 2.42. The van der Waals surface area contributed by atoms with E-state index in [1.54, 1.807) is 24.3 Å². The van der Waals surface area contributed by atoms with Gasteiger partial charge in [-0.05, 0) is 38.0 Å². The van der Waals surface area contributed by atoms with Crippen molar-refractivity contribution in [1.82, 2.24) is 5.32 Å². The van der Waals surface area contributed by atoms with Gasteiger partial charge in [0.05, 0.1) is 0 Å². The van der Waals surface area contributed by atoms with E-state index in [-0.39, 0.29) is 11.4 Å². The first-order valence-electron chi connectivity index (χ1n) is 8.31. The maximum Gasteiger partial charge on any atom is 0.267 e. The molecule has 2 aromatic rings. The minimum absolute atomic E-state index is 0.0255. The van der Waals surface area contributed by atoms with Gasteiger partial charge in [-0.2, -0.15) is 5.26 Å². The molecular formula is C21H21N3O2. The van der Waals surface area contributed by atoms with Crippen LogP contribution in [0.15, 0.2) is 60.3 Å². The van der Waals surface area contributed by atoms with Crippen LogP contribution in [-0.4, -0.2) is 18.2 Å². The second-order valence-corrected chi connectivity index (χ2v) is 5.95. The lowest BCUT2D eigenvalue weighted by Crippen LogP contribution is -2.18. The Labute approximate surface area is 153 Å². The summed E-state index contributed by atoms with van der Waals surface area (Å²) < 4.78 is 0. The van der Waals surface area contributed by atoms with E-state index < -0.39 is 5.91 Å². The third-order valence-electron chi connectivity index (χ3n) is 3.78. The summed E-state index contributed by atoms with van der Waals surface area (Å²) in [6.45, 7) is 4.11. The molecule has 0 aromatic heterocycles. The molecule has 132 valence electrons. The van der Waals surface area contributed by atoms with Crippen LogP contribution < -0.4 is 10.6 Å². The van der Waals surface area contributed by atoms with Crippen molar-refractivity contribution in [2.45, 2.75) is 20.3 Å². The van der Waals surface area contributed by atoms with Gasteiger partial charge in [-0.3, -0.25) is 9.59 Å². The van der Waals surface area contributed by atoms with E-state index in [0.717, 1.165) is 6.42 Å². The lowest BCUT2D eigenvalue weighted by molar-refractivity contribution is -0.112. The highest BCUT2D eigenvalue weighted by Gasteiger charge is 2.10. The summed E-state index contributed by atoms with van der Waals surface area (Å²) in [5.41, 5.74) is 3.34. The maximum absolute atomic E-state index is 12.2. The number of Topliss-reactive ketones (excluding diaryl/α,β-unsaturated/α-hetero) is 1. The fourth-order valence-electron chi connectivity index (χ4n) is 2.42. The molecular weight excluding hydrogens is 326 g/mol. The normalized spacial score (nSPS) is 10.7. The number of amides is 1. The zero-order chi connectivity index (χ0) is 18.9. The molecule has 1 amide bonds. The first-order chi connectivity index (χ1) is 12.5. The molecule has 0 aliphatic rings. The quantitative estimate of drug-likeness (QED) is 0.348. The molecule has 0 fully saturated rings. The third-order valence-corrected chi connectivity index (χ3v) is 3.78. The molecule has 26 heavy (non-hydrogen) atoms. The second-order valence-electron chi connectivity index (χ2n) is 5.95. The van der Waals surface area contributed by atoms with E-state index in [9.17, 15) is 14.9 Å². The minimum Gasteiger partial charge on any atom is -0.389 e. The lowest BCUT2D eigenvalue weighted by Gasteiger charge is -2.07. The average Bonchev–Trinajstić information content (AvgIpc) is 2.62. The van der Waals surface area contributed by atoms with Gasteiger partial charge in [0.2, 0.25) is 0 Å². The van der Waals surface area contributed by atoms with Crippen LogP contribution in [-0.2, 0) is 11.2 Å². The van der Waals surface area contributed by atoms with Crippen molar-refractivity contribution in [1.29, 1.82) is 5.26 Å². The zero-order valence-electron chi connectivity index (χ0n) is 14.9. The number of hydrogen-bond donors (Lipinski definition) is 2. The summed E-state index contributed by atoms with van der Waals surface area (Å²) in [6, 6.07) is 16.7. The van der Waals surface area contributed by atoms with Crippen molar-refractivity contribution >= 4 is 17.4 Å². The SMILES string of the molecule is CC(=O)c1cccc(NC(=O)/C(C#N)=C\NCCc2cccc(C)c2)c1. The highest BCUT2D eigenvalue weighted by Crippen LogP contribution is 2.12. The van der Waals surface area contributed by atoms with Crippen molar-refractivity contribution in [2.24, 2.45) is 0 Å². The number of carbonyl (C=O) groups is 2. The molecule has 5 heteroatoms. The monoisotopic (exact) mass is 347 g/mol. The van der Waals surface area contributed by atoms with Gasteiger partial charge in [0.1, 0.15) is 11.6 Å². The molecule has 0 unspecified atom stereocenters. The number of rotatable bonds is 7. The molecule has 0 heterocycles. The van der Waals surface area contributed by atoms with Crippen LogP contribution in [0.25, 0.3) is 0 Å². The van der Waals surface area contributed by atoms with Crippen molar-refractivity contribution < 1.29 is 9.59 Å². The van der Waals surface area contributed by atoms with Gasteiger partial charge >= 0.3 is 0 Å². The highest BCUT2D eigenvalue weighted by atomic mass is 16.1. The molecule has 0 aliphatic heterocycles. The number of hydrogen-bond acceptors (Lipinski definition) is 4. The van der Waals surface area contributed by atoms with Crippen LogP contribution in [0.3, 0.4) is 0 Å². The summed E-state index contributed by atoms with van der Waals surface area (Å²) in [5, 5.41) is 14.8. The molecule has 2 aromatic carbocycles. The van der Waals surface area contributed by atoms with Gasteiger partial charge in [0, 0.05) is 24.0 Å². The van der Waals surface area contributed by atoms with Crippen LogP contribution in [0.4, 0.5) is 5.69 Å². The Morgan fingerprint density at radius 2 is 1.92 bits per heavy atom. The van der Waals surface area contributed by atoms with E-state index in [4.69, 9.17) is 0 Å². The number of aryl methyl sites for hydroxylation is 1. The van der Waals surface area contributed by atoms with Crippen molar-refractivity contribution in [3.05, 3.63) is 77.0 Å². The second kappa shape index (κ2) is 9.19. The first kappa shape index (κ1) is 18.9. The largest absolute Gasteiger partial charge is 0.389 e. The molecule has 0 atom stereocenters. The summed E-state index contributed by atoms with van der Waals surface area (Å²) in [6.07, 6.45) is 2.21. The zero-order valence-corrected chi connectivity index (χ0v) is 14.9. The van der Waals surface area contributed by atoms with E-state index in [1.807, 2.05) is 31.2 Å². The Morgan fingerprint density at radius 3 is 2.62 bits per heavy atom. The lowest BCUT2D eigenvalue weighted by atomic mass is 10.1. The van der Waals surface area contributed by atoms with Crippen LogP contribution in [0, 0.1) is 18.3 Å². The van der Waals surface area contributed by atoms with Gasteiger partial charge in [-0.15, -0.1) is 0 Å². The van der Waals surface area contributed by atoms with Crippen molar-refractivity contribution in [3.63, 3.8) is 0 Å². The molecule has 0 bridgehead atoms. The van der Waals surface area contributed by atoms with Crippen LogP contribution in [0.1, 0.15) is 28.4 Å². The molecule has 0 saturated heterocycles. The number of nitrogens with one attached hydrogen (secondary N) is 2. The van der Waals surface area contributed by atoms with Crippen LogP contribution in [0.5, 0.6) is 0 Å². The number of nitrogens with zero attached hydrogens (tertiary/aromatic N) is 1. The van der Waals surface area contributed by atoms with Gasteiger partial charge in [-0.1, -0.05) is 42.0 Å². The van der Waals surface area contributed by atoms with Gasteiger partial charge in [0.25, 0.3) is 5.91 Å². The molecule has 0 spiro atoms. The first-order valence-corrected chi connectivity index (χ1v) is 8.31. The standard InChI is InChI=1S/C21H21N3O2/c1-15-5-3-6-17(11-15)9-10-23-14-19(13-22)21(26)24-20-8-4-7-18(12-20)16(2)25/h3-8,11-12,14,23H,9-10H2,1-2H3,(H,24,26)/b19-14-. The summed E-state index contributed by atoms with van der Waals surface area (Å²) >= 11 is 0. The van der Waals surface area contributed by atoms with Gasteiger partial charge < -0.3 is 10.6 Å². The Balaban J connectivity index is 1.93. The predicted molar refractivity (Wildman–Crippen MR) is 102 cm³/mol. The predicted octanol–water partition coefficient (Wildman–Crippen LogP) is 3.38. The number of ketones is 1. The Morgan fingerprint density at radius 1 is 1.15 bits per heavy atom. The van der Waals surface area contributed by atoms with Gasteiger partial charge in [-0.25, -0.2) is 0 Å². The maximum atomic E-state index is 12.2. The number of carbonyl (C=O) groups excluding carboxylic acids is 2. The molecule has 0 saturated carbocycles. The minimum atomic E-state index is -0.517. The van der Waals surface area contributed by atoms with Crippen LogP contribution in [0.2, 0.25) is 0 Å². The molecule has 2 rings (SSSR count). The highest BCUT2D eigenvalue weighted by molar-refractivity contribution is 6.07. The Hall–Kier alpha value is -3.39. The van der Waals surface area contributed by atoms with E-state index in [2.05, 4.69) is 16.7 Å².